The molecule has 0 aliphatic heterocycles. The van der Waals surface area contributed by atoms with Gasteiger partial charge < -0.3 is 9.94 Å². The van der Waals surface area contributed by atoms with Crippen molar-refractivity contribution in [2.24, 2.45) is 5.16 Å². The largest absolute Gasteiger partial charge is 0.469 e. The van der Waals surface area contributed by atoms with Crippen molar-refractivity contribution >= 4 is 5.71 Å². The van der Waals surface area contributed by atoms with Gasteiger partial charge in [-0.1, -0.05) is 5.16 Å². The molecule has 0 bridgehead atoms. The van der Waals surface area contributed by atoms with Crippen LogP contribution >= 0.6 is 0 Å². The Morgan fingerprint density at radius 1 is 1.50 bits per heavy atom. The Labute approximate surface area is 104 Å². The molecule has 0 aliphatic carbocycles. The van der Waals surface area contributed by atoms with E-state index in [1.807, 2.05) is 6.92 Å². The van der Waals surface area contributed by atoms with Crippen molar-refractivity contribution in [3.05, 3.63) is 35.5 Å². The molecular formula is C11H13N5O2. The Hall–Kier alpha value is -2.44. The van der Waals surface area contributed by atoms with Crippen LogP contribution in [0.4, 0.5) is 0 Å². The summed E-state index contributed by atoms with van der Waals surface area (Å²) in [6.45, 7) is 3.76. The highest BCUT2D eigenvalue weighted by atomic mass is 16.5. The van der Waals surface area contributed by atoms with Crippen LogP contribution in [0.1, 0.15) is 24.1 Å². The maximum atomic E-state index is 8.62. The Balaban J connectivity index is 1.98. The summed E-state index contributed by atoms with van der Waals surface area (Å²) in [5.74, 6) is 1.78. The molecule has 94 valence electrons. The van der Waals surface area contributed by atoms with E-state index in [2.05, 4.69) is 25.3 Å². The average molecular weight is 247 g/mol. The van der Waals surface area contributed by atoms with E-state index in [4.69, 9.17) is 9.94 Å². The maximum absolute atomic E-state index is 8.62. The second-order valence-corrected chi connectivity index (χ2v) is 3.70. The van der Waals surface area contributed by atoms with Crippen molar-refractivity contribution in [3.63, 3.8) is 0 Å². The first kappa shape index (κ1) is 12.0. The molecule has 7 heteroatoms. The minimum absolute atomic E-state index is 0.254. The zero-order chi connectivity index (χ0) is 13.0. The summed E-state index contributed by atoms with van der Waals surface area (Å²) in [6.07, 6.45) is 1.58. The van der Waals surface area contributed by atoms with E-state index in [0.29, 0.717) is 17.4 Å². The molecule has 0 aliphatic rings. The van der Waals surface area contributed by atoms with Crippen LogP contribution in [0.25, 0.3) is 0 Å². The number of aromatic nitrogens is 4. The fraction of sp³-hybridized carbons (Fsp3) is 0.273. The van der Waals surface area contributed by atoms with Gasteiger partial charge in [0.05, 0.1) is 5.71 Å². The van der Waals surface area contributed by atoms with Crippen molar-refractivity contribution in [1.82, 2.24) is 20.2 Å². The van der Waals surface area contributed by atoms with Gasteiger partial charge in [0.25, 0.3) is 0 Å². The summed E-state index contributed by atoms with van der Waals surface area (Å²) in [5.41, 5.74) is 1.23. The summed E-state index contributed by atoms with van der Waals surface area (Å²) >= 11 is 0. The molecule has 0 fully saturated rings. The number of oxime groups is 1. The van der Waals surface area contributed by atoms with Crippen LogP contribution in [0.3, 0.4) is 0 Å². The van der Waals surface area contributed by atoms with Crippen molar-refractivity contribution in [2.45, 2.75) is 20.5 Å². The van der Waals surface area contributed by atoms with E-state index in [1.54, 1.807) is 25.3 Å². The molecule has 0 unspecified atom stereocenters. The summed E-state index contributed by atoms with van der Waals surface area (Å²) in [6, 6.07) is 3.46. The normalized spacial score (nSPS) is 11.6. The molecular weight excluding hydrogens is 234 g/mol. The predicted molar refractivity (Wildman–Crippen MR) is 63.7 cm³/mol. The van der Waals surface area contributed by atoms with Crippen molar-refractivity contribution in [3.8, 4) is 5.88 Å². The molecule has 18 heavy (non-hydrogen) atoms. The van der Waals surface area contributed by atoms with Gasteiger partial charge >= 0.3 is 0 Å². The molecule has 2 N–H and O–H groups in total. The Bertz CT molecular complexity index is 547. The third kappa shape index (κ3) is 2.82. The lowest BCUT2D eigenvalue weighted by molar-refractivity contribution is 0.284. The number of rotatable bonds is 4. The van der Waals surface area contributed by atoms with Crippen LogP contribution in [0.15, 0.2) is 23.5 Å². The van der Waals surface area contributed by atoms with Gasteiger partial charge in [-0.2, -0.15) is 5.10 Å². The van der Waals surface area contributed by atoms with E-state index < -0.39 is 0 Å². The van der Waals surface area contributed by atoms with Crippen molar-refractivity contribution in [1.29, 1.82) is 0 Å². The lowest BCUT2D eigenvalue weighted by Crippen LogP contribution is -2.01. The number of aromatic amines is 1. The molecule has 7 nitrogen and oxygen atoms in total. The van der Waals surface area contributed by atoms with E-state index in [1.165, 1.54) is 0 Å². The van der Waals surface area contributed by atoms with Crippen LogP contribution in [0.5, 0.6) is 5.88 Å². The summed E-state index contributed by atoms with van der Waals surface area (Å²) in [5, 5.41) is 18.4. The van der Waals surface area contributed by atoms with Crippen LogP contribution in [0, 0.1) is 6.92 Å². The first-order chi connectivity index (χ1) is 8.69. The van der Waals surface area contributed by atoms with Gasteiger partial charge in [-0.25, -0.2) is 9.97 Å². The highest BCUT2D eigenvalue weighted by Gasteiger charge is 2.03. The number of hydrogen-bond donors (Lipinski definition) is 2. The van der Waals surface area contributed by atoms with Gasteiger partial charge in [0.2, 0.25) is 5.88 Å². The summed E-state index contributed by atoms with van der Waals surface area (Å²) in [7, 11) is 0. The number of H-pyrrole nitrogens is 1. The molecule has 2 rings (SSSR count). The molecule has 2 heterocycles. The molecule has 0 aromatic carbocycles. The molecule has 0 amide bonds. The summed E-state index contributed by atoms with van der Waals surface area (Å²) < 4.78 is 5.42. The minimum Gasteiger partial charge on any atom is -0.469 e. The maximum Gasteiger partial charge on any atom is 0.213 e. The zero-order valence-corrected chi connectivity index (χ0v) is 10.1. The highest BCUT2D eigenvalue weighted by molar-refractivity contribution is 5.97. The van der Waals surface area contributed by atoms with Gasteiger partial charge in [0.15, 0.2) is 12.4 Å². The minimum atomic E-state index is 0.254. The van der Waals surface area contributed by atoms with Gasteiger partial charge in [-0.15, -0.1) is 0 Å². The Morgan fingerprint density at radius 3 is 2.89 bits per heavy atom. The highest BCUT2D eigenvalue weighted by Crippen LogP contribution is 2.09. The molecule has 0 saturated carbocycles. The second-order valence-electron chi connectivity index (χ2n) is 3.70. The quantitative estimate of drug-likeness (QED) is 0.482. The fourth-order valence-corrected chi connectivity index (χ4v) is 1.33. The molecule has 0 spiro atoms. The number of ether oxygens (including phenoxy) is 1. The number of nitrogens with one attached hydrogen (secondary N) is 1. The number of hydrogen-bond acceptors (Lipinski definition) is 6. The third-order valence-electron chi connectivity index (χ3n) is 2.30. The first-order valence-corrected chi connectivity index (χ1v) is 5.35. The van der Waals surface area contributed by atoms with E-state index in [0.717, 1.165) is 11.4 Å². The molecule has 2 aromatic rings. The van der Waals surface area contributed by atoms with Crippen LogP contribution in [0.2, 0.25) is 0 Å². The lowest BCUT2D eigenvalue weighted by Gasteiger charge is -2.03. The molecule has 0 atom stereocenters. The number of pyridine rings is 1. The Kier molecular flexibility index (Phi) is 3.52. The summed E-state index contributed by atoms with van der Waals surface area (Å²) in [4.78, 5) is 8.20. The van der Waals surface area contributed by atoms with Crippen LogP contribution in [-0.4, -0.2) is 31.1 Å². The zero-order valence-electron chi connectivity index (χ0n) is 10.1. The number of nitrogens with zero attached hydrogens (tertiary/aromatic N) is 4. The van der Waals surface area contributed by atoms with Gasteiger partial charge in [0.1, 0.15) is 5.82 Å². The van der Waals surface area contributed by atoms with Crippen molar-refractivity contribution < 1.29 is 9.94 Å². The monoisotopic (exact) mass is 247 g/mol. The topological polar surface area (TPSA) is 96.3 Å². The van der Waals surface area contributed by atoms with Gasteiger partial charge in [0, 0.05) is 17.8 Å². The fourth-order valence-electron chi connectivity index (χ4n) is 1.33. The average Bonchev–Trinajstić information content (AvgIpc) is 2.82. The SMILES string of the molecule is C/C(=N\O)c1ccc(OCc2n[nH]c(C)n2)nc1. The van der Waals surface area contributed by atoms with E-state index >= 15 is 0 Å². The van der Waals surface area contributed by atoms with E-state index in [9.17, 15) is 0 Å². The van der Waals surface area contributed by atoms with Crippen molar-refractivity contribution in [2.75, 3.05) is 0 Å². The predicted octanol–water partition coefficient (Wildman–Crippen LogP) is 1.29. The second kappa shape index (κ2) is 5.26. The third-order valence-corrected chi connectivity index (χ3v) is 2.30. The molecule has 0 saturated heterocycles. The number of aryl methyl sites for hydroxylation is 1. The van der Waals surface area contributed by atoms with Gasteiger partial charge in [-0.3, -0.25) is 5.10 Å². The van der Waals surface area contributed by atoms with E-state index in [-0.39, 0.29) is 6.61 Å². The smallest absolute Gasteiger partial charge is 0.213 e. The Morgan fingerprint density at radius 2 is 2.33 bits per heavy atom. The standard InChI is InChI=1S/C11H13N5O2/c1-7(16-17)9-3-4-11(12-5-9)18-6-10-13-8(2)14-15-10/h3-5,17H,6H2,1-2H3,(H,13,14,15)/b16-7+. The molecule has 2 aromatic heterocycles. The first-order valence-electron chi connectivity index (χ1n) is 5.35. The lowest BCUT2D eigenvalue weighted by atomic mass is 10.2. The van der Waals surface area contributed by atoms with Crippen LogP contribution < -0.4 is 4.74 Å². The van der Waals surface area contributed by atoms with Gasteiger partial charge in [-0.05, 0) is 19.9 Å². The van der Waals surface area contributed by atoms with Crippen LogP contribution in [-0.2, 0) is 6.61 Å². The molecule has 0 radical (unpaired) electrons.